The van der Waals surface area contributed by atoms with Crippen LogP contribution in [-0.4, -0.2) is 0 Å². The van der Waals surface area contributed by atoms with Crippen LogP contribution in [-0.2, 0) is 0 Å². The summed E-state index contributed by atoms with van der Waals surface area (Å²) in [5.41, 5.74) is 0. The van der Waals surface area contributed by atoms with Crippen molar-refractivity contribution in [2.75, 3.05) is 0 Å². The number of hydrogen-bond acceptors (Lipinski definition) is 0. The fourth-order valence-electron chi connectivity index (χ4n) is 2.32. The van der Waals surface area contributed by atoms with Crippen LogP contribution in [0.15, 0.2) is 0 Å². The van der Waals surface area contributed by atoms with E-state index in [0.717, 1.165) is 0 Å². The zero-order valence-corrected chi connectivity index (χ0v) is 10.6. The molecule has 2 atom stereocenters. The summed E-state index contributed by atoms with van der Waals surface area (Å²) < 4.78 is 0. The molecule has 0 heteroatoms. The highest BCUT2D eigenvalue weighted by atomic mass is 14.4. The zero-order valence-electron chi connectivity index (χ0n) is 10.6. The lowest BCUT2D eigenvalue weighted by Gasteiger charge is -2.29. The van der Waals surface area contributed by atoms with Crippen LogP contribution in [0.5, 0.6) is 0 Å². The van der Waals surface area contributed by atoms with E-state index in [1.54, 1.807) is 0 Å². The SMILES string of the molecule is C[C]1[CH][CH][C]([C@@H](C)[C@@H](C)[C]2[CH][CH][C](C)[CH]2)[CH]1. The molecule has 0 aliphatic heterocycles. The van der Waals surface area contributed by atoms with E-state index in [0.29, 0.717) is 11.8 Å². The topological polar surface area (TPSA) is 0 Å². The summed E-state index contributed by atoms with van der Waals surface area (Å²) >= 11 is 0. The minimum absolute atomic E-state index is 0.593. The minimum Gasteiger partial charge on any atom is -0.0617 e. The third-order valence-electron chi connectivity index (χ3n) is 3.67. The van der Waals surface area contributed by atoms with E-state index < -0.39 is 0 Å². The maximum atomic E-state index is 2.32. The van der Waals surface area contributed by atoms with Crippen LogP contribution in [0.3, 0.4) is 0 Å². The van der Waals surface area contributed by atoms with Crippen LogP contribution in [0.4, 0.5) is 0 Å². The molecule has 16 heavy (non-hydrogen) atoms. The van der Waals surface area contributed by atoms with Crippen molar-refractivity contribution in [2.45, 2.75) is 27.7 Å². The lowest BCUT2D eigenvalue weighted by atomic mass is 9.75. The number of hydrogen-bond donors (Lipinski definition) is 0. The Labute approximate surface area is 102 Å². The molecule has 2 fully saturated rings. The summed E-state index contributed by atoms with van der Waals surface area (Å²) in [7, 11) is 0. The van der Waals surface area contributed by atoms with Crippen LogP contribution in [0.2, 0.25) is 0 Å². The van der Waals surface area contributed by atoms with Gasteiger partial charge >= 0.3 is 0 Å². The molecule has 0 amide bonds. The molecule has 2 saturated carbocycles. The van der Waals surface area contributed by atoms with Crippen LogP contribution in [0.25, 0.3) is 0 Å². The molecular weight excluding hydrogens is 192 g/mol. The molecule has 0 saturated heterocycles. The fraction of sp³-hybridized carbons (Fsp3) is 0.375. The molecule has 0 aromatic rings. The van der Waals surface area contributed by atoms with Crippen LogP contribution in [0.1, 0.15) is 27.7 Å². The molecule has 0 nitrogen and oxygen atoms in total. The van der Waals surface area contributed by atoms with Crippen molar-refractivity contribution in [3.8, 4) is 0 Å². The van der Waals surface area contributed by atoms with E-state index in [-0.39, 0.29) is 0 Å². The quantitative estimate of drug-likeness (QED) is 0.666. The van der Waals surface area contributed by atoms with Gasteiger partial charge in [0.2, 0.25) is 0 Å². The molecule has 2 rings (SSSR count). The molecule has 2 aliphatic carbocycles. The predicted molar refractivity (Wildman–Crippen MR) is 68.4 cm³/mol. The van der Waals surface area contributed by atoms with Gasteiger partial charge in [-0.25, -0.2) is 0 Å². The van der Waals surface area contributed by atoms with Crippen LogP contribution >= 0.6 is 0 Å². The van der Waals surface area contributed by atoms with Gasteiger partial charge in [0.15, 0.2) is 0 Å². The largest absolute Gasteiger partial charge is 0.0617 e. The Morgan fingerprint density at radius 2 is 1.06 bits per heavy atom. The normalized spacial score (nSPS) is 30.0. The lowest BCUT2D eigenvalue weighted by molar-refractivity contribution is 0.448. The summed E-state index contributed by atoms with van der Waals surface area (Å²) in [5, 5.41) is 0. The predicted octanol–water partition coefficient (Wildman–Crippen LogP) is 3.85. The van der Waals surface area contributed by atoms with Gasteiger partial charge in [-0.3, -0.25) is 0 Å². The first-order chi connectivity index (χ1) is 7.58. The minimum atomic E-state index is 0.593. The average Bonchev–Trinajstić information content (AvgIpc) is 2.85. The van der Waals surface area contributed by atoms with Crippen molar-refractivity contribution < 1.29 is 0 Å². The molecule has 0 N–H and O–H groups in total. The Kier molecular flexibility index (Phi) is 3.97. The summed E-state index contributed by atoms with van der Waals surface area (Å²) in [6.45, 7) is 8.96. The van der Waals surface area contributed by atoms with Gasteiger partial charge in [0.25, 0.3) is 0 Å². The van der Waals surface area contributed by atoms with Crippen molar-refractivity contribution in [3.63, 3.8) is 0 Å². The van der Waals surface area contributed by atoms with Gasteiger partial charge < -0.3 is 0 Å². The van der Waals surface area contributed by atoms with E-state index in [1.165, 1.54) is 23.7 Å². The number of rotatable bonds is 3. The zero-order chi connectivity index (χ0) is 11.7. The third-order valence-corrected chi connectivity index (χ3v) is 3.67. The second-order valence-electron chi connectivity index (χ2n) is 5.02. The van der Waals surface area contributed by atoms with E-state index in [9.17, 15) is 0 Å². The van der Waals surface area contributed by atoms with Crippen molar-refractivity contribution in [2.24, 2.45) is 11.8 Å². The lowest BCUT2D eigenvalue weighted by Crippen LogP contribution is -2.21. The van der Waals surface area contributed by atoms with E-state index >= 15 is 0 Å². The molecular formula is C16H20. The van der Waals surface area contributed by atoms with Gasteiger partial charge in [0.05, 0.1) is 0 Å². The van der Waals surface area contributed by atoms with Gasteiger partial charge in [-0.15, -0.1) is 0 Å². The Bertz CT molecular complexity index is 196. The second-order valence-corrected chi connectivity index (χ2v) is 5.02. The highest BCUT2D eigenvalue weighted by Gasteiger charge is 2.36. The van der Waals surface area contributed by atoms with Gasteiger partial charge in [-0.2, -0.15) is 0 Å². The smallest absolute Gasteiger partial charge is 0.0133 e. The Hall–Kier alpha value is 0. The molecule has 0 bridgehead atoms. The van der Waals surface area contributed by atoms with E-state index in [1.807, 2.05) is 0 Å². The van der Waals surface area contributed by atoms with Crippen molar-refractivity contribution >= 4 is 0 Å². The molecule has 0 unspecified atom stereocenters. The van der Waals surface area contributed by atoms with Gasteiger partial charge in [-0.05, 0) is 74.0 Å². The first kappa shape index (κ1) is 12.5. The van der Waals surface area contributed by atoms with Crippen molar-refractivity contribution in [3.05, 3.63) is 62.2 Å². The van der Waals surface area contributed by atoms with Gasteiger partial charge in [0, 0.05) is 0 Å². The highest BCUT2D eigenvalue weighted by molar-refractivity contribution is 5.46. The molecule has 10 radical (unpaired) electrons. The second kappa shape index (κ2) is 5.10. The Morgan fingerprint density at radius 1 is 0.688 bits per heavy atom. The summed E-state index contributed by atoms with van der Waals surface area (Å²) in [5.74, 6) is 6.85. The molecule has 84 valence electrons. The van der Waals surface area contributed by atoms with Gasteiger partial charge in [-0.1, -0.05) is 27.7 Å². The van der Waals surface area contributed by atoms with Crippen molar-refractivity contribution in [1.82, 2.24) is 0 Å². The summed E-state index contributed by atoms with van der Waals surface area (Å²) in [4.78, 5) is 0. The van der Waals surface area contributed by atoms with Crippen molar-refractivity contribution in [1.29, 1.82) is 0 Å². The molecule has 0 heterocycles. The monoisotopic (exact) mass is 212 g/mol. The maximum Gasteiger partial charge on any atom is -0.0133 e. The Balaban J connectivity index is 1.86. The van der Waals surface area contributed by atoms with E-state index in [2.05, 4.69) is 66.2 Å². The Morgan fingerprint density at radius 3 is 1.31 bits per heavy atom. The fourth-order valence-corrected chi connectivity index (χ4v) is 2.32. The highest BCUT2D eigenvalue weighted by Crippen LogP contribution is 2.45. The summed E-state index contributed by atoms with van der Waals surface area (Å²) in [6, 6.07) is 0. The van der Waals surface area contributed by atoms with E-state index in [4.69, 9.17) is 0 Å². The average molecular weight is 212 g/mol. The van der Waals surface area contributed by atoms with Crippen LogP contribution < -0.4 is 0 Å². The third kappa shape index (κ3) is 2.63. The molecule has 0 aromatic heterocycles. The molecule has 2 aliphatic rings. The first-order valence-electron chi connectivity index (χ1n) is 6.04. The maximum absolute atomic E-state index is 2.32. The first-order valence-corrected chi connectivity index (χ1v) is 6.04. The van der Waals surface area contributed by atoms with Gasteiger partial charge in [0.1, 0.15) is 0 Å². The molecule has 0 spiro atoms. The van der Waals surface area contributed by atoms with Crippen LogP contribution in [0, 0.1) is 74.0 Å². The summed E-state index contributed by atoms with van der Waals surface area (Å²) in [6.07, 6.45) is 13.5. The molecule has 0 aromatic carbocycles. The standard InChI is InChI=1S/C16H20/c1-11-5-7-15(9-11)13(3)14(4)16-8-6-12(2)10-16/h5-10,13-14H,1-4H3/t13-,14+.